The highest BCUT2D eigenvalue weighted by molar-refractivity contribution is 6.34. The average Bonchev–Trinajstić information content (AvgIpc) is 3.13. The van der Waals surface area contributed by atoms with Gasteiger partial charge in [-0.25, -0.2) is 9.37 Å². The zero-order valence-electron chi connectivity index (χ0n) is 21.2. The van der Waals surface area contributed by atoms with E-state index in [0.29, 0.717) is 24.0 Å². The van der Waals surface area contributed by atoms with Crippen LogP contribution in [0.15, 0.2) is 23.0 Å². The van der Waals surface area contributed by atoms with Crippen LogP contribution in [0.3, 0.4) is 0 Å². The minimum Gasteiger partial charge on any atom is -0.501 e. The number of nitrogens with zero attached hydrogens (tertiary/aromatic N) is 4. The quantitative estimate of drug-likeness (QED) is 0.559. The van der Waals surface area contributed by atoms with E-state index >= 15 is 0 Å². The van der Waals surface area contributed by atoms with Gasteiger partial charge in [0.1, 0.15) is 17.2 Å². The molecule has 1 saturated heterocycles. The van der Waals surface area contributed by atoms with E-state index in [2.05, 4.69) is 10.3 Å². The zero-order valence-corrected chi connectivity index (χ0v) is 21.2. The van der Waals surface area contributed by atoms with Crippen LogP contribution in [-0.4, -0.2) is 75.5 Å². The zero-order chi connectivity index (χ0) is 27.1. The van der Waals surface area contributed by atoms with Gasteiger partial charge >= 0.3 is 11.8 Å². The molecular formula is C25H30FN5O6. The van der Waals surface area contributed by atoms with E-state index in [1.807, 2.05) is 0 Å². The Morgan fingerprint density at radius 2 is 2.03 bits per heavy atom. The largest absolute Gasteiger partial charge is 0.501 e. The number of amides is 3. The molecule has 3 aliphatic rings. The van der Waals surface area contributed by atoms with Crippen LogP contribution < -0.4 is 10.9 Å². The van der Waals surface area contributed by atoms with Crippen molar-refractivity contribution in [1.29, 1.82) is 0 Å². The Labute approximate surface area is 212 Å². The number of rotatable bonds is 5. The van der Waals surface area contributed by atoms with Gasteiger partial charge in [-0.3, -0.25) is 23.7 Å². The molecule has 198 valence electrons. The van der Waals surface area contributed by atoms with Crippen molar-refractivity contribution in [3.63, 3.8) is 0 Å². The molecule has 3 aliphatic heterocycles. The maximum atomic E-state index is 13.6. The molecule has 1 aromatic heterocycles. The number of ether oxygens (including phenoxy) is 1. The summed E-state index contributed by atoms with van der Waals surface area (Å²) in [6.45, 7) is 3.49. The second-order valence-electron chi connectivity index (χ2n) is 9.57. The van der Waals surface area contributed by atoms with Gasteiger partial charge in [-0.15, -0.1) is 0 Å². The number of fused-ring (bicyclic) bond motifs is 2. The summed E-state index contributed by atoms with van der Waals surface area (Å²) in [5.74, 6) is -3.47. The molecule has 12 heteroatoms. The van der Waals surface area contributed by atoms with Crippen LogP contribution >= 0.6 is 0 Å². The van der Waals surface area contributed by atoms with E-state index < -0.39 is 40.3 Å². The van der Waals surface area contributed by atoms with Gasteiger partial charge in [0, 0.05) is 27.2 Å². The second-order valence-corrected chi connectivity index (χ2v) is 9.57. The Hall–Kier alpha value is -3.80. The van der Waals surface area contributed by atoms with Crippen molar-refractivity contribution in [2.45, 2.75) is 51.4 Å². The molecule has 0 spiro atoms. The average molecular weight is 516 g/mol. The number of carbonyl (C=O) groups is 3. The fraction of sp³-hybridized carbons (Fsp3) is 0.480. The molecule has 2 N–H and O–H groups in total. The van der Waals surface area contributed by atoms with Crippen LogP contribution in [0.5, 0.6) is 5.75 Å². The van der Waals surface area contributed by atoms with Crippen molar-refractivity contribution in [1.82, 2.24) is 24.7 Å². The number of aryl methyl sites for hydroxylation is 1. The molecule has 11 nitrogen and oxygen atoms in total. The number of benzene rings is 1. The first-order valence-electron chi connectivity index (χ1n) is 12.0. The standard InChI is InChI=1S/C25H30FN5O6/c1-5-31(23(36)22(35)29(3)4)25-9-8-16(37-13-25)12-30-21(34)19(32)18(28-24(25)30)20(33)27-11-15-6-7-17(26)14(2)10-15/h6-7,10,16,32H,5,8-9,11-13H2,1-4H3,(H,27,33). The number of hydrogen-bond donors (Lipinski definition) is 2. The van der Waals surface area contributed by atoms with Gasteiger partial charge in [-0.05, 0) is 43.9 Å². The van der Waals surface area contributed by atoms with Crippen molar-refractivity contribution >= 4 is 17.7 Å². The van der Waals surface area contributed by atoms with Crippen molar-refractivity contribution in [2.75, 3.05) is 27.2 Å². The van der Waals surface area contributed by atoms with Crippen LogP contribution in [0, 0.1) is 12.7 Å². The van der Waals surface area contributed by atoms with Crippen LogP contribution in [0.1, 0.15) is 47.2 Å². The smallest absolute Gasteiger partial charge is 0.312 e. The molecule has 2 bridgehead atoms. The molecule has 0 radical (unpaired) electrons. The highest BCUT2D eigenvalue weighted by atomic mass is 19.1. The first kappa shape index (κ1) is 26.3. The number of likely N-dealkylation sites (N-methyl/N-ethyl adjacent to an activating group) is 2. The van der Waals surface area contributed by atoms with Gasteiger partial charge in [0.15, 0.2) is 5.69 Å². The first-order chi connectivity index (χ1) is 17.5. The molecular weight excluding hydrogens is 485 g/mol. The topological polar surface area (TPSA) is 134 Å². The van der Waals surface area contributed by atoms with E-state index in [0.717, 1.165) is 4.90 Å². The van der Waals surface area contributed by atoms with Crippen LogP contribution in [0.4, 0.5) is 4.39 Å². The van der Waals surface area contributed by atoms with E-state index in [1.165, 1.54) is 35.7 Å². The highest BCUT2D eigenvalue weighted by Crippen LogP contribution is 2.41. The summed E-state index contributed by atoms with van der Waals surface area (Å²) in [5, 5.41) is 13.3. The van der Waals surface area contributed by atoms with Crippen molar-refractivity contribution in [3.05, 3.63) is 57.0 Å². The molecule has 37 heavy (non-hydrogen) atoms. The number of halogens is 1. The molecule has 0 saturated carbocycles. The Bertz CT molecular complexity index is 1320. The van der Waals surface area contributed by atoms with Crippen molar-refractivity contribution in [3.8, 4) is 5.75 Å². The number of aromatic nitrogens is 2. The Balaban J connectivity index is 1.76. The molecule has 4 heterocycles. The lowest BCUT2D eigenvalue weighted by molar-refractivity contribution is -0.161. The Morgan fingerprint density at radius 1 is 1.30 bits per heavy atom. The molecule has 5 rings (SSSR count). The van der Waals surface area contributed by atoms with Crippen molar-refractivity contribution in [2.24, 2.45) is 0 Å². The lowest BCUT2D eigenvalue weighted by Gasteiger charge is -2.44. The summed E-state index contributed by atoms with van der Waals surface area (Å²) in [7, 11) is 2.93. The first-order valence-corrected chi connectivity index (χ1v) is 12.0. The van der Waals surface area contributed by atoms with Gasteiger partial charge < -0.3 is 25.0 Å². The third-order valence-corrected chi connectivity index (χ3v) is 6.94. The number of carbonyl (C=O) groups excluding carboxylic acids is 3. The van der Waals surface area contributed by atoms with Gasteiger partial charge in [0.2, 0.25) is 5.75 Å². The van der Waals surface area contributed by atoms with Gasteiger partial charge in [0.25, 0.3) is 11.5 Å². The third-order valence-electron chi connectivity index (χ3n) is 6.94. The van der Waals surface area contributed by atoms with Crippen LogP contribution in [0.25, 0.3) is 0 Å². The summed E-state index contributed by atoms with van der Waals surface area (Å²) in [6, 6.07) is 4.37. The lowest BCUT2D eigenvalue weighted by Crippen LogP contribution is -2.58. The molecule has 2 atom stereocenters. The lowest BCUT2D eigenvalue weighted by atomic mass is 9.87. The van der Waals surface area contributed by atoms with Gasteiger partial charge in [-0.2, -0.15) is 0 Å². The Kier molecular flexibility index (Phi) is 7.05. The third kappa shape index (κ3) is 4.57. The fourth-order valence-corrected chi connectivity index (χ4v) is 4.93. The summed E-state index contributed by atoms with van der Waals surface area (Å²) >= 11 is 0. The summed E-state index contributed by atoms with van der Waals surface area (Å²) in [5.41, 5.74) is -1.60. The van der Waals surface area contributed by atoms with Crippen LogP contribution in [0.2, 0.25) is 0 Å². The molecule has 3 amide bonds. The minimum atomic E-state index is -1.29. The summed E-state index contributed by atoms with van der Waals surface area (Å²) < 4.78 is 20.8. The SMILES string of the molecule is CCN(C(=O)C(=O)N(C)C)C12CCC(Cn3c1nc(C(=O)NCc1ccc(F)c(C)c1)c(O)c3=O)OC2. The predicted octanol–water partition coefficient (Wildman–Crippen LogP) is 0.651. The Morgan fingerprint density at radius 3 is 2.62 bits per heavy atom. The van der Waals surface area contributed by atoms with Gasteiger partial charge in [-0.1, -0.05) is 12.1 Å². The summed E-state index contributed by atoms with van der Waals surface area (Å²) in [6.07, 6.45) is 0.480. The minimum absolute atomic E-state index is 0.00667. The number of nitrogens with one attached hydrogen (secondary N) is 1. The highest BCUT2D eigenvalue weighted by Gasteiger charge is 2.52. The second kappa shape index (κ2) is 9.92. The van der Waals surface area contributed by atoms with E-state index in [4.69, 9.17) is 4.74 Å². The monoisotopic (exact) mass is 515 g/mol. The molecule has 1 aromatic carbocycles. The normalized spacial score (nSPS) is 20.1. The fourth-order valence-electron chi connectivity index (χ4n) is 4.93. The van der Waals surface area contributed by atoms with E-state index in [1.54, 1.807) is 19.9 Å². The predicted molar refractivity (Wildman–Crippen MR) is 129 cm³/mol. The van der Waals surface area contributed by atoms with E-state index in [-0.39, 0.29) is 44.0 Å². The number of aromatic hydroxyl groups is 1. The summed E-state index contributed by atoms with van der Waals surface area (Å²) in [4.78, 5) is 59.0. The van der Waals surface area contributed by atoms with Crippen molar-refractivity contribution < 1.29 is 28.6 Å². The number of hydrogen-bond acceptors (Lipinski definition) is 7. The molecule has 2 aromatic rings. The molecule has 1 fully saturated rings. The molecule has 0 aliphatic carbocycles. The molecule has 2 unspecified atom stereocenters. The maximum absolute atomic E-state index is 13.6. The van der Waals surface area contributed by atoms with Crippen LogP contribution in [-0.2, 0) is 33.0 Å². The van der Waals surface area contributed by atoms with E-state index in [9.17, 15) is 28.7 Å². The maximum Gasteiger partial charge on any atom is 0.312 e. The van der Waals surface area contributed by atoms with Gasteiger partial charge in [0.05, 0.1) is 19.3 Å².